The fourth-order valence-corrected chi connectivity index (χ4v) is 3.30. The van der Waals surface area contributed by atoms with Crippen LogP contribution in [0.1, 0.15) is 5.69 Å². The number of nitrogens with one attached hydrogen (secondary N) is 1. The molecule has 0 saturated heterocycles. The lowest BCUT2D eigenvalue weighted by Crippen LogP contribution is -2.03. The smallest absolute Gasteiger partial charge is 0.150 e. The summed E-state index contributed by atoms with van der Waals surface area (Å²) >= 11 is 9.38. The highest BCUT2D eigenvalue weighted by Gasteiger charge is 1.99. The van der Waals surface area contributed by atoms with Gasteiger partial charge in [-0.3, -0.25) is 0 Å². The first kappa shape index (κ1) is 12.7. The minimum Gasteiger partial charge on any atom is -0.384 e. The average molecular weight is 285 g/mol. The van der Waals surface area contributed by atoms with Crippen molar-refractivity contribution in [3.8, 4) is 0 Å². The third-order valence-electron chi connectivity index (χ3n) is 2.08. The monoisotopic (exact) mass is 284 g/mol. The van der Waals surface area contributed by atoms with E-state index >= 15 is 0 Å². The molecule has 1 N–H and O–H groups in total. The fourth-order valence-electron chi connectivity index (χ4n) is 1.33. The van der Waals surface area contributed by atoms with Gasteiger partial charge in [0.15, 0.2) is 0 Å². The third kappa shape index (κ3) is 4.22. The van der Waals surface area contributed by atoms with Crippen LogP contribution in [0.5, 0.6) is 0 Å². The van der Waals surface area contributed by atoms with E-state index in [2.05, 4.69) is 15.7 Å². The summed E-state index contributed by atoms with van der Waals surface area (Å²) in [5.74, 6) is 0.999. The van der Waals surface area contributed by atoms with Crippen molar-refractivity contribution in [2.75, 3.05) is 17.6 Å². The van der Waals surface area contributed by atoms with E-state index in [9.17, 15) is 0 Å². The van der Waals surface area contributed by atoms with E-state index < -0.39 is 0 Å². The van der Waals surface area contributed by atoms with Crippen LogP contribution in [0.2, 0.25) is 5.02 Å². The molecule has 0 saturated carbocycles. The Kier molecular flexibility index (Phi) is 4.71. The van der Waals surface area contributed by atoms with E-state index in [0.717, 1.165) is 33.0 Å². The lowest BCUT2D eigenvalue weighted by Gasteiger charge is -2.05. The number of rotatable bonds is 5. The number of benzene rings is 1. The molecule has 0 bridgehead atoms. The van der Waals surface area contributed by atoms with Crippen LogP contribution in [0.15, 0.2) is 34.0 Å². The number of anilines is 1. The standard InChI is InChI=1S/C12H13ClN2S2/c1-9-8-17-12(15-9)16-6-5-14-11-4-2-3-10(13)7-11/h2-4,7-8,14H,5-6H2,1H3. The number of nitrogens with zero attached hydrogens (tertiary/aromatic N) is 1. The number of aromatic nitrogens is 1. The van der Waals surface area contributed by atoms with Crippen LogP contribution in [0.25, 0.3) is 0 Å². The minimum atomic E-state index is 0.762. The highest BCUT2D eigenvalue weighted by Crippen LogP contribution is 2.22. The number of hydrogen-bond acceptors (Lipinski definition) is 4. The van der Waals surface area contributed by atoms with Crippen molar-refractivity contribution in [1.29, 1.82) is 0 Å². The Hall–Kier alpha value is -0.710. The van der Waals surface area contributed by atoms with Crippen LogP contribution < -0.4 is 5.32 Å². The summed E-state index contributed by atoms with van der Waals surface area (Å²) < 4.78 is 1.13. The van der Waals surface area contributed by atoms with E-state index in [1.54, 1.807) is 23.1 Å². The quantitative estimate of drug-likeness (QED) is 0.654. The molecule has 17 heavy (non-hydrogen) atoms. The molecule has 0 aliphatic carbocycles. The zero-order chi connectivity index (χ0) is 12.1. The number of thiazole rings is 1. The van der Waals surface area contributed by atoms with Gasteiger partial charge in [-0.2, -0.15) is 0 Å². The van der Waals surface area contributed by atoms with Crippen LogP contribution in [-0.4, -0.2) is 17.3 Å². The Morgan fingerprint density at radius 1 is 1.47 bits per heavy atom. The van der Waals surface area contributed by atoms with Gasteiger partial charge in [0.25, 0.3) is 0 Å². The van der Waals surface area contributed by atoms with Crippen molar-refractivity contribution >= 4 is 40.4 Å². The van der Waals surface area contributed by atoms with Gasteiger partial charge >= 0.3 is 0 Å². The molecular formula is C12H13ClN2S2. The number of thioether (sulfide) groups is 1. The molecule has 2 aromatic rings. The van der Waals surface area contributed by atoms with Gasteiger partial charge in [0.1, 0.15) is 4.34 Å². The van der Waals surface area contributed by atoms with Gasteiger partial charge in [-0.05, 0) is 25.1 Å². The number of aryl methyl sites for hydroxylation is 1. The van der Waals surface area contributed by atoms with Gasteiger partial charge in [-0.15, -0.1) is 11.3 Å². The second-order valence-electron chi connectivity index (χ2n) is 3.54. The molecule has 0 aliphatic rings. The van der Waals surface area contributed by atoms with E-state index in [0.29, 0.717) is 0 Å². The molecule has 2 rings (SSSR count). The second-order valence-corrected chi connectivity index (χ2v) is 6.18. The van der Waals surface area contributed by atoms with Crippen molar-refractivity contribution in [3.63, 3.8) is 0 Å². The van der Waals surface area contributed by atoms with Gasteiger partial charge in [0, 0.05) is 34.1 Å². The van der Waals surface area contributed by atoms with Crippen molar-refractivity contribution in [1.82, 2.24) is 4.98 Å². The molecule has 0 spiro atoms. The summed E-state index contributed by atoms with van der Waals surface area (Å²) in [7, 11) is 0. The Balaban J connectivity index is 1.73. The van der Waals surface area contributed by atoms with Gasteiger partial charge in [-0.1, -0.05) is 29.4 Å². The molecule has 1 aromatic heterocycles. The molecular weight excluding hydrogens is 272 g/mol. The molecule has 0 unspecified atom stereocenters. The molecule has 0 radical (unpaired) electrons. The van der Waals surface area contributed by atoms with Crippen LogP contribution in [0.4, 0.5) is 5.69 Å². The molecule has 1 heterocycles. The minimum absolute atomic E-state index is 0.762. The largest absolute Gasteiger partial charge is 0.384 e. The van der Waals surface area contributed by atoms with Gasteiger partial charge < -0.3 is 5.32 Å². The summed E-state index contributed by atoms with van der Waals surface area (Å²) in [6, 6.07) is 7.77. The normalized spacial score (nSPS) is 10.5. The maximum absolute atomic E-state index is 5.90. The van der Waals surface area contributed by atoms with E-state index in [1.165, 1.54) is 0 Å². The first-order valence-electron chi connectivity index (χ1n) is 5.28. The summed E-state index contributed by atoms with van der Waals surface area (Å²) in [6.45, 7) is 2.93. The van der Waals surface area contributed by atoms with Crippen LogP contribution >= 0.6 is 34.7 Å². The average Bonchev–Trinajstić information content (AvgIpc) is 2.71. The second kappa shape index (κ2) is 6.28. The summed E-state index contributed by atoms with van der Waals surface area (Å²) in [5, 5.41) is 6.17. The Morgan fingerprint density at radius 2 is 2.35 bits per heavy atom. The van der Waals surface area contributed by atoms with Crippen LogP contribution in [0, 0.1) is 6.92 Å². The van der Waals surface area contributed by atoms with Crippen LogP contribution in [-0.2, 0) is 0 Å². The fraction of sp³-hybridized carbons (Fsp3) is 0.250. The molecule has 1 aromatic carbocycles. The van der Waals surface area contributed by atoms with Gasteiger partial charge in [0.2, 0.25) is 0 Å². The topological polar surface area (TPSA) is 24.9 Å². The predicted octanol–water partition coefficient (Wildman–Crippen LogP) is 4.31. The highest BCUT2D eigenvalue weighted by molar-refractivity contribution is 8.01. The summed E-state index contributed by atoms with van der Waals surface area (Å²) in [5.41, 5.74) is 2.16. The lowest BCUT2D eigenvalue weighted by molar-refractivity contribution is 1.15. The van der Waals surface area contributed by atoms with E-state index in [-0.39, 0.29) is 0 Å². The van der Waals surface area contributed by atoms with Crippen molar-refractivity contribution in [2.24, 2.45) is 0 Å². The van der Waals surface area contributed by atoms with Crippen molar-refractivity contribution < 1.29 is 0 Å². The van der Waals surface area contributed by atoms with Crippen molar-refractivity contribution in [2.45, 2.75) is 11.3 Å². The highest BCUT2D eigenvalue weighted by atomic mass is 35.5. The van der Waals surface area contributed by atoms with Gasteiger partial charge in [-0.25, -0.2) is 4.98 Å². The Labute approximate surface area is 114 Å². The van der Waals surface area contributed by atoms with E-state index in [4.69, 9.17) is 11.6 Å². The molecule has 0 fully saturated rings. The first-order chi connectivity index (χ1) is 8.24. The Bertz CT molecular complexity index is 485. The zero-order valence-electron chi connectivity index (χ0n) is 9.44. The first-order valence-corrected chi connectivity index (χ1v) is 7.53. The predicted molar refractivity (Wildman–Crippen MR) is 77.5 cm³/mol. The zero-order valence-corrected chi connectivity index (χ0v) is 11.8. The van der Waals surface area contributed by atoms with Crippen molar-refractivity contribution in [3.05, 3.63) is 40.4 Å². The molecule has 0 atom stereocenters. The third-order valence-corrected chi connectivity index (χ3v) is 4.45. The molecule has 0 amide bonds. The number of hydrogen-bond donors (Lipinski definition) is 1. The maximum Gasteiger partial charge on any atom is 0.150 e. The molecule has 90 valence electrons. The van der Waals surface area contributed by atoms with E-state index in [1.807, 2.05) is 31.2 Å². The summed E-state index contributed by atoms with van der Waals surface area (Å²) in [6.07, 6.45) is 0. The maximum atomic E-state index is 5.90. The lowest BCUT2D eigenvalue weighted by atomic mass is 10.3. The molecule has 2 nitrogen and oxygen atoms in total. The number of halogens is 1. The Morgan fingerprint density at radius 3 is 3.06 bits per heavy atom. The SMILES string of the molecule is Cc1csc(SCCNc2cccc(Cl)c2)n1. The molecule has 0 aliphatic heterocycles. The van der Waals surface area contributed by atoms with Gasteiger partial charge in [0.05, 0.1) is 0 Å². The van der Waals surface area contributed by atoms with Crippen LogP contribution in [0.3, 0.4) is 0 Å². The summed E-state index contributed by atoms with van der Waals surface area (Å²) in [4.78, 5) is 4.40. The molecule has 5 heteroatoms.